The molecule has 3 nitrogen and oxygen atoms in total. The second-order valence-electron chi connectivity index (χ2n) is 5.80. The Bertz CT molecular complexity index is 826. The highest BCUT2D eigenvalue weighted by Gasteiger charge is 2.34. The minimum atomic E-state index is -2.19. The van der Waals surface area contributed by atoms with Gasteiger partial charge in [-0.3, -0.25) is 0 Å². The van der Waals surface area contributed by atoms with E-state index in [9.17, 15) is 26.7 Å². The normalized spacial score (nSPS) is 14.1. The lowest BCUT2D eigenvalue weighted by molar-refractivity contribution is 0.0697. The molecule has 2 aromatic carbocycles. The van der Waals surface area contributed by atoms with E-state index in [1.54, 1.807) is 0 Å². The maximum atomic E-state index is 13.9. The summed E-state index contributed by atoms with van der Waals surface area (Å²) in [5, 5.41) is 8.89. The summed E-state index contributed by atoms with van der Waals surface area (Å²) in [7, 11) is 0. The zero-order chi connectivity index (χ0) is 19.0. The molecule has 9 heteroatoms. The lowest BCUT2D eigenvalue weighted by Gasteiger charge is -2.21. The van der Waals surface area contributed by atoms with Gasteiger partial charge in [-0.25, -0.2) is 31.1 Å². The molecule has 138 valence electrons. The second-order valence-corrected chi connectivity index (χ2v) is 6.86. The van der Waals surface area contributed by atoms with Crippen LogP contribution in [0.4, 0.5) is 22.0 Å². The van der Waals surface area contributed by atoms with Crippen molar-refractivity contribution in [3.63, 3.8) is 0 Å². The van der Waals surface area contributed by atoms with Crippen LogP contribution in [0.15, 0.2) is 29.2 Å². The maximum absolute atomic E-state index is 13.9. The van der Waals surface area contributed by atoms with Crippen LogP contribution in [-0.4, -0.2) is 21.4 Å². The van der Waals surface area contributed by atoms with Crippen molar-refractivity contribution in [3.8, 4) is 0 Å². The lowest BCUT2D eigenvalue weighted by atomic mass is 10.1. The first-order valence-corrected chi connectivity index (χ1v) is 8.35. The highest BCUT2D eigenvalue weighted by atomic mass is 32.2. The van der Waals surface area contributed by atoms with E-state index in [4.69, 9.17) is 5.11 Å². The number of nitrogens with zero attached hydrogens (tertiary/aromatic N) is 1. The van der Waals surface area contributed by atoms with Gasteiger partial charge in [-0.1, -0.05) is 12.1 Å². The fourth-order valence-corrected chi connectivity index (χ4v) is 3.46. The van der Waals surface area contributed by atoms with Crippen LogP contribution in [0.5, 0.6) is 0 Å². The van der Waals surface area contributed by atoms with Crippen molar-refractivity contribution < 1.29 is 31.9 Å². The molecule has 0 aromatic heterocycles. The Morgan fingerprint density at radius 3 is 1.92 bits per heavy atom. The van der Waals surface area contributed by atoms with E-state index < -0.39 is 40.0 Å². The number of carboxylic acid groups (broad SMARTS) is 1. The average molecular weight is 389 g/mol. The molecule has 3 rings (SSSR count). The van der Waals surface area contributed by atoms with Crippen LogP contribution in [0.25, 0.3) is 0 Å². The predicted molar refractivity (Wildman–Crippen MR) is 84.1 cm³/mol. The van der Waals surface area contributed by atoms with Crippen LogP contribution in [0.2, 0.25) is 0 Å². The van der Waals surface area contributed by atoms with Gasteiger partial charge in [0, 0.05) is 12.6 Å². The molecular weight excluding hydrogens is 377 g/mol. The van der Waals surface area contributed by atoms with Crippen molar-refractivity contribution in [2.45, 2.75) is 30.3 Å². The Kier molecular flexibility index (Phi) is 5.19. The van der Waals surface area contributed by atoms with Crippen molar-refractivity contribution in [2.24, 2.45) is 0 Å². The van der Waals surface area contributed by atoms with Crippen molar-refractivity contribution in [1.82, 2.24) is 4.31 Å². The van der Waals surface area contributed by atoms with Gasteiger partial charge in [-0.2, -0.15) is 0 Å². The molecule has 1 saturated carbocycles. The number of hydrogen-bond acceptors (Lipinski definition) is 3. The van der Waals surface area contributed by atoms with Crippen LogP contribution in [-0.2, 0) is 6.54 Å². The number of benzene rings is 2. The van der Waals surface area contributed by atoms with Crippen molar-refractivity contribution in [1.29, 1.82) is 0 Å². The molecule has 26 heavy (non-hydrogen) atoms. The lowest BCUT2D eigenvalue weighted by Crippen LogP contribution is -2.19. The smallest absolute Gasteiger partial charge is 0.335 e. The van der Waals surface area contributed by atoms with Gasteiger partial charge in [0.15, 0.2) is 23.3 Å². The molecule has 0 bridgehead atoms. The number of carbonyl (C=O) groups is 1. The number of aromatic carboxylic acids is 1. The van der Waals surface area contributed by atoms with Crippen LogP contribution < -0.4 is 0 Å². The molecule has 0 aliphatic heterocycles. The third kappa shape index (κ3) is 3.68. The number of hydrogen-bond donors (Lipinski definition) is 1. The molecule has 0 saturated heterocycles. The Morgan fingerprint density at radius 1 is 0.962 bits per heavy atom. The molecule has 0 radical (unpaired) electrons. The standard InChI is InChI=1S/C17H12F5NO2S/c18-11-12(19)14(21)16(15(22)13(11)20)26-23(10-5-6-10)7-8-1-3-9(4-2-8)17(24)25/h1-4,10H,5-7H2,(H,24,25). The first-order chi connectivity index (χ1) is 12.3. The van der Waals surface area contributed by atoms with Gasteiger partial charge in [0.1, 0.15) is 4.90 Å². The van der Waals surface area contributed by atoms with Crippen molar-refractivity contribution in [3.05, 3.63) is 64.5 Å². The van der Waals surface area contributed by atoms with Crippen LogP contribution in [0, 0.1) is 29.1 Å². The van der Waals surface area contributed by atoms with Gasteiger partial charge in [-0.05, 0) is 42.5 Å². The SMILES string of the molecule is O=C(O)c1ccc(CN(Sc2c(F)c(F)c(F)c(F)c2F)C2CC2)cc1. The third-order valence-electron chi connectivity index (χ3n) is 3.87. The summed E-state index contributed by atoms with van der Waals surface area (Å²) >= 11 is 0.475. The van der Waals surface area contributed by atoms with Gasteiger partial charge in [0.25, 0.3) is 0 Å². The van der Waals surface area contributed by atoms with Gasteiger partial charge in [0.05, 0.1) is 5.56 Å². The van der Waals surface area contributed by atoms with E-state index >= 15 is 0 Å². The first kappa shape index (κ1) is 18.7. The van der Waals surface area contributed by atoms with E-state index in [0.717, 1.165) is 12.8 Å². The quantitative estimate of drug-likeness (QED) is 0.335. The minimum Gasteiger partial charge on any atom is -0.478 e. The van der Waals surface area contributed by atoms with Crippen molar-refractivity contribution in [2.75, 3.05) is 0 Å². The van der Waals surface area contributed by atoms with E-state index in [0.29, 0.717) is 17.5 Å². The number of carboxylic acids is 1. The third-order valence-corrected chi connectivity index (χ3v) is 5.07. The highest BCUT2D eigenvalue weighted by molar-refractivity contribution is 7.97. The van der Waals surface area contributed by atoms with E-state index in [2.05, 4.69) is 0 Å². The molecule has 1 aliphatic carbocycles. The van der Waals surface area contributed by atoms with Gasteiger partial charge >= 0.3 is 5.97 Å². The molecule has 0 amide bonds. The predicted octanol–water partition coefficient (Wildman–Crippen LogP) is 4.75. The summed E-state index contributed by atoms with van der Waals surface area (Å²) in [5.41, 5.74) is 0.734. The summed E-state index contributed by atoms with van der Waals surface area (Å²) < 4.78 is 69.2. The second kappa shape index (κ2) is 7.24. The topological polar surface area (TPSA) is 40.5 Å². The molecule has 2 aromatic rings. The Labute approximate surface area is 149 Å². The monoisotopic (exact) mass is 389 g/mol. The van der Waals surface area contributed by atoms with Crippen LogP contribution in [0.1, 0.15) is 28.8 Å². The molecule has 0 atom stereocenters. The molecule has 0 heterocycles. The minimum absolute atomic E-state index is 0.0610. The Balaban J connectivity index is 1.85. The first-order valence-electron chi connectivity index (χ1n) is 7.58. The molecule has 1 N–H and O–H groups in total. The van der Waals surface area contributed by atoms with Gasteiger partial charge < -0.3 is 5.11 Å². The fraction of sp³-hybridized carbons (Fsp3) is 0.235. The summed E-state index contributed by atoms with van der Waals surface area (Å²) in [6.07, 6.45) is 1.46. The van der Waals surface area contributed by atoms with E-state index in [1.807, 2.05) is 0 Å². The average Bonchev–Trinajstić information content (AvgIpc) is 3.46. The molecule has 0 spiro atoms. The van der Waals surface area contributed by atoms with Crippen LogP contribution >= 0.6 is 11.9 Å². The van der Waals surface area contributed by atoms with E-state index in [-0.39, 0.29) is 18.2 Å². The summed E-state index contributed by atoms with van der Waals surface area (Å²) in [5.74, 6) is -11.0. The summed E-state index contributed by atoms with van der Waals surface area (Å²) in [4.78, 5) is 9.91. The molecule has 1 aliphatic rings. The van der Waals surface area contributed by atoms with Gasteiger partial charge in [-0.15, -0.1) is 0 Å². The fourth-order valence-electron chi connectivity index (χ4n) is 2.31. The van der Waals surface area contributed by atoms with E-state index in [1.165, 1.54) is 28.6 Å². The Hall–Kier alpha value is -2.13. The van der Waals surface area contributed by atoms with Crippen molar-refractivity contribution >= 4 is 17.9 Å². The Morgan fingerprint density at radius 2 is 1.46 bits per heavy atom. The molecular formula is C17H12F5NO2S. The number of rotatable bonds is 6. The molecule has 1 fully saturated rings. The summed E-state index contributed by atoms with van der Waals surface area (Å²) in [6.45, 7) is 0.161. The summed E-state index contributed by atoms with van der Waals surface area (Å²) in [6, 6.07) is 5.78. The zero-order valence-electron chi connectivity index (χ0n) is 13.1. The zero-order valence-corrected chi connectivity index (χ0v) is 13.9. The maximum Gasteiger partial charge on any atom is 0.335 e. The largest absolute Gasteiger partial charge is 0.478 e. The van der Waals surface area contributed by atoms with Gasteiger partial charge in [0.2, 0.25) is 5.82 Å². The number of halogens is 5. The highest BCUT2D eigenvalue weighted by Crippen LogP contribution is 2.40. The van der Waals surface area contributed by atoms with Crippen LogP contribution in [0.3, 0.4) is 0 Å². The molecule has 0 unspecified atom stereocenters.